The maximum absolute atomic E-state index is 14.2. The average molecular weight is 357 g/mol. The molecule has 0 spiro atoms. The number of aromatic amines is 1. The Hall–Kier alpha value is -2.58. The predicted molar refractivity (Wildman–Crippen MR) is 93.7 cm³/mol. The van der Waals surface area contributed by atoms with Gasteiger partial charge in [0.1, 0.15) is 12.1 Å². The number of carbonyl (C=O) groups is 1. The van der Waals surface area contributed by atoms with Crippen LogP contribution in [0.5, 0.6) is 0 Å². The van der Waals surface area contributed by atoms with Crippen molar-refractivity contribution < 1.29 is 9.18 Å². The molecule has 1 aliphatic rings. The lowest BCUT2D eigenvalue weighted by Crippen LogP contribution is -2.36. The van der Waals surface area contributed by atoms with E-state index < -0.39 is 5.82 Å². The molecule has 25 heavy (non-hydrogen) atoms. The fraction of sp³-hybridized carbons (Fsp3) is 0.235. The first-order chi connectivity index (χ1) is 12.2. The topological polar surface area (TPSA) is 73.9 Å². The highest BCUT2D eigenvalue weighted by Gasteiger charge is 2.21. The van der Waals surface area contributed by atoms with E-state index >= 15 is 0 Å². The first kappa shape index (κ1) is 15.9. The molecule has 0 saturated heterocycles. The van der Waals surface area contributed by atoms with Crippen molar-refractivity contribution in [2.24, 2.45) is 0 Å². The number of halogens is 1. The van der Waals surface area contributed by atoms with E-state index in [1.54, 1.807) is 23.5 Å². The summed E-state index contributed by atoms with van der Waals surface area (Å²) in [5.74, 6) is -0.352. The Morgan fingerprint density at radius 1 is 1.40 bits per heavy atom. The highest BCUT2D eigenvalue weighted by molar-refractivity contribution is 7.10. The molecule has 0 unspecified atom stereocenters. The third kappa shape index (κ3) is 3.31. The molecule has 2 N–H and O–H groups in total. The molecule has 4 rings (SSSR count). The van der Waals surface area contributed by atoms with Crippen molar-refractivity contribution in [1.82, 2.24) is 20.1 Å². The number of nitrogens with one attached hydrogen (secondary N) is 2. The highest BCUT2D eigenvalue weighted by atomic mass is 32.1. The molecule has 3 heterocycles. The molecule has 1 aromatic carbocycles. The van der Waals surface area contributed by atoms with Gasteiger partial charge in [-0.1, -0.05) is 6.07 Å². The van der Waals surface area contributed by atoms with Crippen LogP contribution in [-0.4, -0.2) is 39.1 Å². The van der Waals surface area contributed by atoms with E-state index in [1.807, 2.05) is 0 Å². The molecule has 0 radical (unpaired) electrons. The SMILES string of the molecule is O=C(CN1CCc2sccc2C1)Nc1cccc(F)c1-c1ncn[nH]1. The highest BCUT2D eigenvalue weighted by Crippen LogP contribution is 2.28. The quantitative estimate of drug-likeness (QED) is 0.753. The van der Waals surface area contributed by atoms with Crippen molar-refractivity contribution in [3.05, 3.63) is 52.2 Å². The summed E-state index contributed by atoms with van der Waals surface area (Å²) >= 11 is 1.77. The van der Waals surface area contributed by atoms with Crippen LogP contribution in [0.15, 0.2) is 36.0 Å². The van der Waals surface area contributed by atoms with E-state index in [-0.39, 0.29) is 23.8 Å². The summed E-state index contributed by atoms with van der Waals surface area (Å²) in [6.07, 6.45) is 2.27. The van der Waals surface area contributed by atoms with Crippen LogP contribution in [0, 0.1) is 5.82 Å². The normalized spacial score (nSPS) is 14.3. The van der Waals surface area contributed by atoms with Gasteiger partial charge in [0, 0.05) is 18.0 Å². The molecule has 0 saturated carbocycles. The molecule has 128 valence electrons. The third-order valence-corrected chi connectivity index (χ3v) is 5.22. The van der Waals surface area contributed by atoms with E-state index in [0.717, 1.165) is 19.5 Å². The number of amides is 1. The van der Waals surface area contributed by atoms with Gasteiger partial charge >= 0.3 is 0 Å². The van der Waals surface area contributed by atoms with Crippen LogP contribution in [0.4, 0.5) is 10.1 Å². The standard InChI is InChI=1S/C17H16FN5OS/c18-12-2-1-3-13(16(12)17-19-10-20-22-17)21-15(24)9-23-6-4-14-11(8-23)5-7-25-14/h1-3,5,7,10H,4,6,8-9H2,(H,21,24)(H,19,20,22). The van der Waals surface area contributed by atoms with Gasteiger partial charge in [0.2, 0.25) is 5.91 Å². The second kappa shape index (κ2) is 6.73. The van der Waals surface area contributed by atoms with Crippen LogP contribution in [-0.2, 0) is 17.8 Å². The second-order valence-corrected chi connectivity index (χ2v) is 6.87. The molecule has 6 nitrogen and oxygen atoms in total. The molecule has 1 amide bonds. The van der Waals surface area contributed by atoms with Gasteiger partial charge in [-0.2, -0.15) is 5.10 Å². The lowest BCUT2D eigenvalue weighted by Gasteiger charge is -2.26. The molecule has 3 aromatic rings. The smallest absolute Gasteiger partial charge is 0.238 e. The minimum Gasteiger partial charge on any atom is -0.324 e. The number of thiophene rings is 1. The summed E-state index contributed by atoms with van der Waals surface area (Å²) in [6, 6.07) is 6.66. The number of anilines is 1. The van der Waals surface area contributed by atoms with E-state index in [2.05, 4.69) is 36.8 Å². The molecule has 0 atom stereocenters. The van der Waals surface area contributed by atoms with Crippen LogP contribution in [0.1, 0.15) is 10.4 Å². The van der Waals surface area contributed by atoms with Crippen molar-refractivity contribution in [2.75, 3.05) is 18.4 Å². The third-order valence-electron chi connectivity index (χ3n) is 4.19. The van der Waals surface area contributed by atoms with Crippen LogP contribution in [0.2, 0.25) is 0 Å². The number of aromatic nitrogens is 3. The van der Waals surface area contributed by atoms with Crippen LogP contribution >= 0.6 is 11.3 Å². The van der Waals surface area contributed by atoms with Crippen LogP contribution in [0.3, 0.4) is 0 Å². The van der Waals surface area contributed by atoms with Gasteiger partial charge in [-0.25, -0.2) is 9.37 Å². The van der Waals surface area contributed by atoms with Gasteiger partial charge in [-0.15, -0.1) is 11.3 Å². The number of carbonyl (C=O) groups excluding carboxylic acids is 1. The first-order valence-corrected chi connectivity index (χ1v) is 8.80. The number of benzene rings is 1. The van der Waals surface area contributed by atoms with Gasteiger partial charge in [0.25, 0.3) is 0 Å². The van der Waals surface area contributed by atoms with E-state index in [4.69, 9.17) is 0 Å². The van der Waals surface area contributed by atoms with Crippen molar-refractivity contribution in [1.29, 1.82) is 0 Å². The van der Waals surface area contributed by atoms with Crippen molar-refractivity contribution in [2.45, 2.75) is 13.0 Å². The summed E-state index contributed by atoms with van der Waals surface area (Å²) in [6.45, 7) is 1.88. The van der Waals surface area contributed by atoms with Gasteiger partial charge in [0.05, 0.1) is 17.8 Å². The lowest BCUT2D eigenvalue weighted by molar-refractivity contribution is -0.117. The number of H-pyrrole nitrogens is 1. The molecule has 0 aliphatic carbocycles. The lowest BCUT2D eigenvalue weighted by atomic mass is 10.1. The maximum atomic E-state index is 14.2. The molecular weight excluding hydrogens is 341 g/mol. The summed E-state index contributed by atoms with van der Waals surface area (Å²) in [5, 5.41) is 11.3. The largest absolute Gasteiger partial charge is 0.324 e. The van der Waals surface area contributed by atoms with Gasteiger partial charge in [-0.3, -0.25) is 14.8 Å². The Morgan fingerprint density at radius 3 is 3.16 bits per heavy atom. The number of rotatable bonds is 4. The van der Waals surface area contributed by atoms with Crippen molar-refractivity contribution >= 4 is 22.9 Å². The zero-order valence-corrected chi connectivity index (χ0v) is 14.1. The number of hydrogen-bond donors (Lipinski definition) is 2. The average Bonchev–Trinajstić information content (AvgIpc) is 3.25. The molecule has 1 aliphatic heterocycles. The van der Waals surface area contributed by atoms with Crippen LogP contribution < -0.4 is 5.32 Å². The number of fused-ring (bicyclic) bond motifs is 1. The monoisotopic (exact) mass is 357 g/mol. The first-order valence-electron chi connectivity index (χ1n) is 7.92. The summed E-state index contributed by atoms with van der Waals surface area (Å²) < 4.78 is 14.2. The Bertz CT molecular complexity index is 892. The maximum Gasteiger partial charge on any atom is 0.238 e. The molecule has 0 fully saturated rings. The number of hydrogen-bond acceptors (Lipinski definition) is 5. The minimum atomic E-state index is -0.463. The zero-order chi connectivity index (χ0) is 17.2. The van der Waals surface area contributed by atoms with Gasteiger partial charge < -0.3 is 5.32 Å². The van der Waals surface area contributed by atoms with Crippen molar-refractivity contribution in [3.63, 3.8) is 0 Å². The Kier molecular flexibility index (Phi) is 4.29. The van der Waals surface area contributed by atoms with E-state index in [9.17, 15) is 9.18 Å². The minimum absolute atomic E-state index is 0.176. The fourth-order valence-electron chi connectivity index (χ4n) is 3.03. The number of nitrogens with zero attached hydrogens (tertiary/aromatic N) is 3. The van der Waals surface area contributed by atoms with Gasteiger partial charge in [-0.05, 0) is 35.6 Å². The Balaban J connectivity index is 1.48. The second-order valence-electron chi connectivity index (χ2n) is 5.87. The summed E-state index contributed by atoms with van der Waals surface area (Å²) in [5.41, 5.74) is 1.89. The van der Waals surface area contributed by atoms with Crippen molar-refractivity contribution in [3.8, 4) is 11.4 Å². The van der Waals surface area contributed by atoms with Crippen LogP contribution in [0.25, 0.3) is 11.4 Å². The molecule has 2 aromatic heterocycles. The van der Waals surface area contributed by atoms with E-state index in [1.165, 1.54) is 22.8 Å². The van der Waals surface area contributed by atoms with Gasteiger partial charge in [0.15, 0.2) is 5.82 Å². The molecule has 0 bridgehead atoms. The summed E-state index contributed by atoms with van der Waals surface area (Å²) in [7, 11) is 0. The Morgan fingerprint density at radius 2 is 2.32 bits per heavy atom. The zero-order valence-electron chi connectivity index (χ0n) is 13.3. The summed E-state index contributed by atoms with van der Waals surface area (Å²) in [4.78, 5) is 19.9. The Labute approximate surface area is 147 Å². The predicted octanol–water partition coefficient (Wildman–Crippen LogP) is 2.67. The fourth-order valence-corrected chi connectivity index (χ4v) is 3.92. The molecular formula is C17H16FN5OS. The molecule has 8 heteroatoms. The van der Waals surface area contributed by atoms with E-state index in [0.29, 0.717) is 5.69 Å².